The van der Waals surface area contributed by atoms with Gasteiger partial charge < -0.3 is 68.6 Å². The average molecular weight is 1860 g/mol. The molecule has 6 aromatic heterocycles. The number of imidazole rings is 2. The van der Waals surface area contributed by atoms with Gasteiger partial charge in [0.25, 0.3) is 11.8 Å². The molecule has 34 heteroatoms. The highest BCUT2D eigenvalue weighted by Crippen LogP contribution is 2.44. The highest BCUT2D eigenvalue weighted by molar-refractivity contribution is 6.40. The number of nitrogens with one attached hydrogen (secondary N) is 4. The van der Waals surface area contributed by atoms with E-state index in [-0.39, 0.29) is 117 Å². The molecule has 0 unspecified atom stereocenters. The summed E-state index contributed by atoms with van der Waals surface area (Å²) in [6, 6.07) is 20.8. The maximum Gasteiger partial charge on any atom is 0.410 e. The molecule has 0 bridgehead atoms. The number of esters is 2. The second-order valence-corrected chi connectivity index (χ2v) is 40.1. The molecular weight excluding hydrogens is 1740 g/mol. The molecule has 14 rings (SSSR count). The molecule has 2 saturated heterocycles. The number of fused-ring (bicyclic) bond motifs is 2. The van der Waals surface area contributed by atoms with Crippen molar-refractivity contribution < 1.29 is 66.8 Å². The predicted molar refractivity (Wildman–Crippen MR) is 497 cm³/mol. The van der Waals surface area contributed by atoms with Crippen molar-refractivity contribution in [3.63, 3.8) is 0 Å². The normalized spacial score (nSPS) is 19.0. The molecule has 2 atom stereocenters. The fourth-order valence-electron chi connectivity index (χ4n) is 17.6. The first kappa shape index (κ1) is 97.0. The number of ether oxygens (including phenoxy) is 6. The lowest BCUT2D eigenvalue weighted by Gasteiger charge is -2.34. The molecule has 2 saturated carbocycles. The van der Waals surface area contributed by atoms with Crippen molar-refractivity contribution >= 4 is 106 Å². The Morgan fingerprint density at radius 3 is 1.16 bits per heavy atom. The van der Waals surface area contributed by atoms with E-state index >= 15 is 0 Å². The summed E-state index contributed by atoms with van der Waals surface area (Å²) in [5.74, 6) is 1.01. The van der Waals surface area contributed by atoms with Crippen LogP contribution in [0, 0.1) is 23.7 Å². The minimum atomic E-state index is -0.721. The van der Waals surface area contributed by atoms with E-state index in [9.17, 15) is 38.4 Å². The van der Waals surface area contributed by atoms with Crippen LogP contribution < -0.4 is 30.7 Å². The number of rotatable bonds is 24. The van der Waals surface area contributed by atoms with E-state index in [0.29, 0.717) is 118 Å². The molecule has 8 aromatic rings. The molecule has 6 aliphatic rings. The Kier molecular flexibility index (Phi) is 30.7. The Hall–Kier alpha value is -10.5. The first-order valence-corrected chi connectivity index (χ1v) is 46.2. The third-order valence-electron chi connectivity index (χ3n) is 24.0. The molecule has 2 aromatic carbocycles. The summed E-state index contributed by atoms with van der Waals surface area (Å²) in [5, 5.41) is 12.9. The molecule has 2 aliphatic carbocycles. The van der Waals surface area contributed by atoms with E-state index in [2.05, 4.69) is 41.0 Å². The summed E-state index contributed by atoms with van der Waals surface area (Å²) in [4.78, 5) is 140. The van der Waals surface area contributed by atoms with E-state index in [1.54, 1.807) is 124 Å². The van der Waals surface area contributed by atoms with Gasteiger partial charge in [0.1, 0.15) is 22.4 Å². The SMILES string of the molecule is COc1nc(-c2ccnc(-c3cccc(NC(=O)c4nc5c(n4C)CCN(CC4CCC(C(=O)OC(C)(C)C)CC4)C5)c3Cl)c2Cl)ccc1CN(C[C@@H]1CCC(=O)N1)C(=O)OC(C)(C)C.COc1nc(-c2ccnc(-c3cccc(NC(=O)c4nc5c(n4C)CCN(CC4CCC(C(=O)OC(C)(C)C)CC4)C5)c3Cl)c2Cl)ccc1CN(C[C@@H]1CCC(=O)N1)C(=O)OC(C)(C)C. The van der Waals surface area contributed by atoms with Gasteiger partial charge in [-0.3, -0.25) is 48.5 Å². The molecule has 130 heavy (non-hydrogen) atoms. The van der Waals surface area contributed by atoms with Crippen molar-refractivity contribution in [1.82, 2.24) is 69.3 Å². The Balaban J connectivity index is 0.000000222. The number of amides is 6. The van der Waals surface area contributed by atoms with Crippen molar-refractivity contribution in [2.24, 2.45) is 37.8 Å². The fraction of sp³-hybridized carbons (Fsp3) is 0.521. The van der Waals surface area contributed by atoms with Crippen molar-refractivity contribution in [3.05, 3.63) is 151 Å². The molecule has 6 amide bonds. The predicted octanol–water partition coefficient (Wildman–Crippen LogP) is 17.3. The number of aromatic nitrogens is 8. The summed E-state index contributed by atoms with van der Waals surface area (Å²) in [6.07, 6.45) is 13.1. The molecule has 30 nitrogen and oxygen atoms in total. The summed E-state index contributed by atoms with van der Waals surface area (Å²) < 4.78 is 37.9. The summed E-state index contributed by atoms with van der Waals surface area (Å²) in [7, 11) is 6.74. The zero-order chi connectivity index (χ0) is 93.6. The van der Waals surface area contributed by atoms with Crippen molar-refractivity contribution in [2.45, 2.75) is 234 Å². The van der Waals surface area contributed by atoms with Gasteiger partial charge in [-0.2, -0.15) is 0 Å². The fourth-order valence-corrected chi connectivity index (χ4v) is 18.8. The van der Waals surface area contributed by atoms with Crippen molar-refractivity contribution in [3.8, 4) is 56.8 Å². The number of hydrogen-bond donors (Lipinski definition) is 4. The molecule has 0 spiro atoms. The first-order valence-electron chi connectivity index (χ1n) is 44.6. The maximum absolute atomic E-state index is 13.9. The molecule has 0 radical (unpaired) electrons. The number of halogens is 4. The van der Waals surface area contributed by atoms with Crippen LogP contribution in [0.15, 0.2) is 85.2 Å². The van der Waals surface area contributed by atoms with Gasteiger partial charge >= 0.3 is 24.1 Å². The van der Waals surface area contributed by atoms with Crippen LogP contribution in [0.4, 0.5) is 21.0 Å². The molecular formula is C96H120Cl4N16O14. The van der Waals surface area contributed by atoms with E-state index < -0.39 is 46.4 Å². The minimum Gasteiger partial charge on any atom is -0.481 e. The van der Waals surface area contributed by atoms with Gasteiger partial charge in [-0.05, 0) is 208 Å². The zero-order valence-corrected chi connectivity index (χ0v) is 80.1. The number of methoxy groups -OCH3 is 2. The second kappa shape index (κ2) is 41.1. The summed E-state index contributed by atoms with van der Waals surface area (Å²) >= 11 is 28.3. The smallest absolute Gasteiger partial charge is 0.410 e. The molecule has 4 fully saturated rings. The van der Waals surface area contributed by atoms with Gasteiger partial charge in [-0.1, -0.05) is 70.7 Å². The molecule has 696 valence electrons. The van der Waals surface area contributed by atoms with Gasteiger partial charge in [-0.25, -0.2) is 29.5 Å². The number of pyridine rings is 4. The lowest BCUT2D eigenvalue weighted by Crippen LogP contribution is -2.43. The Bertz CT molecular complexity index is 5210. The van der Waals surface area contributed by atoms with Crippen LogP contribution >= 0.6 is 46.4 Å². The van der Waals surface area contributed by atoms with Gasteiger partial charge in [-0.15, -0.1) is 0 Å². The maximum atomic E-state index is 13.9. The quantitative estimate of drug-likeness (QED) is 0.0322. The number of hydrogen-bond acceptors (Lipinski definition) is 22. The number of nitrogens with zero attached hydrogens (tertiary/aromatic N) is 12. The summed E-state index contributed by atoms with van der Waals surface area (Å²) in [6.45, 7) is 27.9. The van der Waals surface area contributed by atoms with Crippen molar-refractivity contribution in [1.29, 1.82) is 0 Å². The van der Waals surface area contributed by atoms with Crippen LogP contribution in [-0.2, 0) is 91.2 Å². The van der Waals surface area contributed by atoms with Crippen LogP contribution in [-0.4, -0.2) is 194 Å². The van der Waals surface area contributed by atoms with Crippen LogP contribution in [0.5, 0.6) is 11.8 Å². The van der Waals surface area contributed by atoms with Gasteiger partial charge in [0.15, 0.2) is 11.6 Å². The minimum absolute atomic E-state index is 0.0349. The van der Waals surface area contributed by atoms with Crippen molar-refractivity contribution in [2.75, 3.05) is 64.1 Å². The standard InChI is InChI=1S/2C48H60Cl2N8O7/c2*1-47(2,3)64-45(61)29-14-12-28(13-15-29)24-57-23-21-37-36(27-57)53-42(56(37)7)43(60)54-35-11-9-10-33(39(35)49)41-40(50)32(20-22-51-41)34-18-16-30(44(55-34)63-8)25-58(46(62)65-48(4,5)6)26-31-17-19-38(59)52-31/h2*9-11,16,18,20,22,28-29,31H,12-15,17,19,21,23-27H2,1-8H3,(H,52,59)(H,54,60)/t2*28?,29?,31-/m00/s1. The van der Waals surface area contributed by atoms with Crippen LogP contribution in [0.3, 0.4) is 0 Å². The number of benzene rings is 2. The van der Waals surface area contributed by atoms with Crippen LogP contribution in [0.2, 0.25) is 20.1 Å². The lowest BCUT2D eigenvalue weighted by molar-refractivity contribution is -0.162. The van der Waals surface area contributed by atoms with E-state index in [0.717, 1.165) is 113 Å². The largest absolute Gasteiger partial charge is 0.481 e. The van der Waals surface area contributed by atoms with E-state index in [1.807, 2.05) is 76.9 Å². The average Bonchev–Trinajstić information content (AvgIpc) is 1.15. The topological polar surface area (TPSA) is 340 Å². The van der Waals surface area contributed by atoms with Crippen LogP contribution in [0.25, 0.3) is 45.0 Å². The van der Waals surface area contributed by atoms with E-state index in [4.69, 9.17) is 94.8 Å². The Labute approximate surface area is 780 Å². The highest BCUT2D eigenvalue weighted by Gasteiger charge is 2.38. The second-order valence-electron chi connectivity index (χ2n) is 38.6. The van der Waals surface area contributed by atoms with Gasteiger partial charge in [0.05, 0.1) is 105 Å². The third-order valence-corrected chi connectivity index (χ3v) is 25.5. The Morgan fingerprint density at radius 2 is 0.823 bits per heavy atom. The first-order chi connectivity index (χ1) is 61.5. The van der Waals surface area contributed by atoms with Gasteiger partial charge in [0, 0.05) is 161 Å². The van der Waals surface area contributed by atoms with E-state index in [1.165, 1.54) is 14.2 Å². The highest BCUT2D eigenvalue weighted by atomic mass is 35.5. The molecule has 4 N–H and O–H groups in total. The van der Waals surface area contributed by atoms with Gasteiger partial charge in [0.2, 0.25) is 23.6 Å². The monoisotopic (exact) mass is 1860 g/mol. The Morgan fingerprint density at radius 1 is 0.454 bits per heavy atom. The molecule has 10 heterocycles. The number of anilines is 2. The molecule has 4 aliphatic heterocycles. The number of carbonyl (C=O) groups is 8. The number of carbonyl (C=O) groups excluding carboxylic acids is 8. The third kappa shape index (κ3) is 24.4. The van der Waals surface area contributed by atoms with Crippen LogP contribution in [0.1, 0.15) is 215 Å². The zero-order valence-electron chi connectivity index (χ0n) is 77.1. The summed E-state index contributed by atoms with van der Waals surface area (Å²) in [5.41, 5.74) is 7.33. The lowest BCUT2D eigenvalue weighted by atomic mass is 9.81.